The summed E-state index contributed by atoms with van der Waals surface area (Å²) in [6.45, 7) is 3.79. The third-order valence-corrected chi connectivity index (χ3v) is 3.74. The predicted octanol–water partition coefficient (Wildman–Crippen LogP) is 1.94. The fourth-order valence-corrected chi connectivity index (χ4v) is 2.80. The largest absolute Gasteiger partial charge is 0.443 e. The van der Waals surface area contributed by atoms with Gasteiger partial charge < -0.3 is 14.2 Å². The van der Waals surface area contributed by atoms with E-state index < -0.39 is 11.9 Å². The molecule has 2 aliphatic heterocycles. The Morgan fingerprint density at radius 3 is 3.11 bits per heavy atom. The molecule has 0 N–H and O–H groups in total. The normalized spacial score (nSPS) is 35.1. The van der Waals surface area contributed by atoms with Crippen LogP contribution < -0.4 is 0 Å². The number of rotatable bonds is 2. The monoisotopic (exact) mass is 266 g/mol. The van der Waals surface area contributed by atoms with Gasteiger partial charge in [-0.3, -0.25) is 0 Å². The quantitative estimate of drug-likeness (QED) is 0.818. The molecule has 3 rings (SSSR count). The number of nitrogens with zero attached hydrogens (tertiary/aromatic N) is 2. The highest BCUT2D eigenvalue weighted by atomic mass is 16.8. The Labute approximate surface area is 111 Å². The topological polar surface area (TPSA) is 62.6 Å². The van der Waals surface area contributed by atoms with Gasteiger partial charge in [0.25, 0.3) is 0 Å². The summed E-state index contributed by atoms with van der Waals surface area (Å²) in [4.78, 5) is 15.7. The Bertz CT molecular complexity index is 461. The Morgan fingerprint density at radius 1 is 1.58 bits per heavy atom. The fourth-order valence-electron chi connectivity index (χ4n) is 2.80. The minimum atomic E-state index is -0.511. The second-order valence-electron chi connectivity index (χ2n) is 5.32. The number of carbonyl (C=O) groups excluding carboxylic acids is 1. The SMILES string of the molecule is CC(OC(=O)n1ccnc1)C1O[C@@]2(C)CCCC1O2. The minimum Gasteiger partial charge on any atom is -0.443 e. The molecule has 0 aromatic carbocycles. The molecule has 1 aromatic rings. The molecule has 2 saturated heterocycles. The van der Waals surface area contributed by atoms with E-state index in [9.17, 15) is 4.79 Å². The lowest BCUT2D eigenvalue weighted by Gasteiger charge is -2.26. The maximum absolute atomic E-state index is 11.8. The van der Waals surface area contributed by atoms with Crippen LogP contribution in [0.3, 0.4) is 0 Å². The van der Waals surface area contributed by atoms with E-state index in [-0.39, 0.29) is 18.3 Å². The molecule has 0 aliphatic carbocycles. The van der Waals surface area contributed by atoms with Crippen molar-refractivity contribution in [3.05, 3.63) is 18.7 Å². The summed E-state index contributed by atoms with van der Waals surface area (Å²) in [5.41, 5.74) is 0. The molecule has 2 fully saturated rings. The highest BCUT2D eigenvalue weighted by Gasteiger charge is 2.49. The Hall–Kier alpha value is -1.40. The molecule has 104 valence electrons. The van der Waals surface area contributed by atoms with Crippen molar-refractivity contribution in [3.63, 3.8) is 0 Å². The lowest BCUT2D eigenvalue weighted by atomic mass is 10.0. The summed E-state index contributed by atoms with van der Waals surface area (Å²) in [7, 11) is 0. The summed E-state index contributed by atoms with van der Waals surface area (Å²) in [6.07, 6.45) is 6.47. The van der Waals surface area contributed by atoms with Gasteiger partial charge in [-0.15, -0.1) is 0 Å². The average molecular weight is 266 g/mol. The smallest absolute Gasteiger partial charge is 0.419 e. The summed E-state index contributed by atoms with van der Waals surface area (Å²) in [5, 5.41) is 0. The van der Waals surface area contributed by atoms with Crippen LogP contribution in [0.25, 0.3) is 0 Å². The van der Waals surface area contributed by atoms with Crippen molar-refractivity contribution in [2.24, 2.45) is 0 Å². The van der Waals surface area contributed by atoms with E-state index in [1.807, 2.05) is 13.8 Å². The number of imidazole rings is 1. The van der Waals surface area contributed by atoms with Crippen LogP contribution in [-0.2, 0) is 14.2 Å². The zero-order valence-corrected chi connectivity index (χ0v) is 11.1. The minimum absolute atomic E-state index is 0.0179. The van der Waals surface area contributed by atoms with Crippen molar-refractivity contribution < 1.29 is 19.0 Å². The van der Waals surface area contributed by atoms with Crippen LogP contribution in [0.2, 0.25) is 0 Å². The van der Waals surface area contributed by atoms with E-state index in [0.717, 1.165) is 19.3 Å². The van der Waals surface area contributed by atoms with Gasteiger partial charge in [0.05, 0.1) is 6.10 Å². The van der Waals surface area contributed by atoms with Crippen LogP contribution >= 0.6 is 0 Å². The van der Waals surface area contributed by atoms with Crippen molar-refractivity contribution in [2.45, 2.75) is 57.2 Å². The molecular weight excluding hydrogens is 248 g/mol. The number of ether oxygens (including phenoxy) is 3. The zero-order chi connectivity index (χ0) is 13.5. The third kappa shape index (κ3) is 2.37. The van der Waals surface area contributed by atoms with Crippen molar-refractivity contribution in [1.29, 1.82) is 0 Å². The number of hydrogen-bond acceptors (Lipinski definition) is 5. The van der Waals surface area contributed by atoms with Crippen LogP contribution in [0.4, 0.5) is 4.79 Å². The van der Waals surface area contributed by atoms with Crippen molar-refractivity contribution in [2.75, 3.05) is 0 Å². The predicted molar refractivity (Wildman–Crippen MR) is 65.6 cm³/mol. The highest BCUT2D eigenvalue weighted by molar-refractivity contribution is 5.70. The molecule has 3 unspecified atom stereocenters. The van der Waals surface area contributed by atoms with Gasteiger partial charge in [-0.2, -0.15) is 0 Å². The van der Waals surface area contributed by atoms with Crippen molar-refractivity contribution >= 4 is 6.09 Å². The van der Waals surface area contributed by atoms with Crippen molar-refractivity contribution in [3.8, 4) is 0 Å². The van der Waals surface area contributed by atoms with Crippen LogP contribution in [0.1, 0.15) is 33.1 Å². The highest BCUT2D eigenvalue weighted by Crippen LogP contribution is 2.41. The first-order chi connectivity index (χ1) is 9.07. The molecule has 6 nitrogen and oxygen atoms in total. The van der Waals surface area contributed by atoms with E-state index in [2.05, 4.69) is 4.98 Å². The molecule has 1 aromatic heterocycles. The van der Waals surface area contributed by atoms with Gasteiger partial charge in [0.1, 0.15) is 18.5 Å². The van der Waals surface area contributed by atoms with E-state index >= 15 is 0 Å². The first-order valence-corrected chi connectivity index (χ1v) is 6.62. The first-order valence-electron chi connectivity index (χ1n) is 6.62. The standard InChI is InChI=1S/C13H18N2O4/c1-9(17-12(16)15-7-6-14-8-15)11-10-4-3-5-13(2,18-10)19-11/h6-11H,3-5H2,1-2H3/t9?,10?,11?,13-/m0/s1. The molecule has 2 bridgehead atoms. The zero-order valence-electron chi connectivity index (χ0n) is 11.1. The lowest BCUT2D eigenvalue weighted by molar-refractivity contribution is -0.183. The number of hydrogen-bond donors (Lipinski definition) is 0. The first kappa shape index (κ1) is 12.6. The Kier molecular flexibility index (Phi) is 3.06. The molecule has 6 heteroatoms. The van der Waals surface area contributed by atoms with Crippen molar-refractivity contribution in [1.82, 2.24) is 9.55 Å². The molecule has 3 heterocycles. The molecule has 19 heavy (non-hydrogen) atoms. The Morgan fingerprint density at radius 2 is 2.42 bits per heavy atom. The van der Waals surface area contributed by atoms with Gasteiger partial charge in [0.2, 0.25) is 0 Å². The molecule has 2 aliphatic rings. The summed E-state index contributed by atoms with van der Waals surface area (Å²) < 4.78 is 18.5. The maximum atomic E-state index is 11.8. The van der Waals surface area contributed by atoms with Gasteiger partial charge in [-0.05, 0) is 26.7 Å². The molecule has 0 amide bonds. The van der Waals surface area contributed by atoms with Gasteiger partial charge >= 0.3 is 6.09 Å². The van der Waals surface area contributed by atoms with E-state index in [1.165, 1.54) is 17.1 Å². The number of aromatic nitrogens is 2. The molecule has 0 saturated carbocycles. The third-order valence-electron chi connectivity index (χ3n) is 3.74. The van der Waals surface area contributed by atoms with Crippen LogP contribution in [0.15, 0.2) is 18.7 Å². The number of fused-ring (bicyclic) bond motifs is 2. The summed E-state index contributed by atoms with van der Waals surface area (Å²) >= 11 is 0. The second kappa shape index (κ2) is 4.61. The summed E-state index contributed by atoms with van der Waals surface area (Å²) in [6, 6.07) is 0. The average Bonchev–Trinajstić information content (AvgIpc) is 2.96. The second-order valence-corrected chi connectivity index (χ2v) is 5.32. The van der Waals surface area contributed by atoms with Crippen LogP contribution in [0.5, 0.6) is 0 Å². The van der Waals surface area contributed by atoms with Gasteiger partial charge in [0, 0.05) is 18.8 Å². The van der Waals surface area contributed by atoms with Gasteiger partial charge in [-0.1, -0.05) is 0 Å². The molecule has 0 radical (unpaired) electrons. The van der Waals surface area contributed by atoms with E-state index in [4.69, 9.17) is 14.2 Å². The fraction of sp³-hybridized carbons (Fsp3) is 0.692. The van der Waals surface area contributed by atoms with Crippen LogP contribution in [-0.4, -0.2) is 39.7 Å². The van der Waals surface area contributed by atoms with E-state index in [1.54, 1.807) is 6.20 Å². The maximum Gasteiger partial charge on any atom is 0.419 e. The molecule has 0 spiro atoms. The van der Waals surface area contributed by atoms with E-state index in [0.29, 0.717) is 0 Å². The lowest BCUT2D eigenvalue weighted by Crippen LogP contribution is -2.37. The molecular formula is C13H18N2O4. The summed E-state index contributed by atoms with van der Waals surface area (Å²) in [5.74, 6) is -0.511. The van der Waals surface area contributed by atoms with Crippen LogP contribution in [0, 0.1) is 0 Å². The number of carbonyl (C=O) groups is 1. The molecule has 4 atom stereocenters. The van der Waals surface area contributed by atoms with Gasteiger partial charge in [-0.25, -0.2) is 14.3 Å². The Balaban J connectivity index is 1.65. The van der Waals surface area contributed by atoms with Gasteiger partial charge in [0.15, 0.2) is 5.79 Å².